The molecule has 1 unspecified atom stereocenters. The number of hydrogen-bond acceptors (Lipinski definition) is 5. The molecule has 0 bridgehead atoms. The predicted octanol–water partition coefficient (Wildman–Crippen LogP) is 0.148. The van der Waals surface area contributed by atoms with Crippen LogP contribution in [0.5, 0.6) is 0 Å². The van der Waals surface area contributed by atoms with Crippen molar-refractivity contribution in [2.24, 2.45) is 0 Å². The van der Waals surface area contributed by atoms with Gasteiger partial charge in [-0.15, -0.1) is 0 Å². The van der Waals surface area contributed by atoms with Gasteiger partial charge in [0.1, 0.15) is 0 Å². The van der Waals surface area contributed by atoms with Crippen LogP contribution in [-0.4, -0.2) is 45.7 Å². The second-order valence-electron chi connectivity index (χ2n) is 2.79. The molecule has 1 saturated heterocycles. The van der Waals surface area contributed by atoms with Crippen molar-refractivity contribution in [2.75, 3.05) is 33.4 Å². The quantitative estimate of drug-likeness (QED) is 0.640. The van der Waals surface area contributed by atoms with Gasteiger partial charge in [-0.2, -0.15) is 0 Å². The fraction of sp³-hybridized carbons (Fsp3) is 0.875. The van der Waals surface area contributed by atoms with Crippen LogP contribution in [0.3, 0.4) is 0 Å². The van der Waals surface area contributed by atoms with Crippen molar-refractivity contribution in [3.63, 3.8) is 0 Å². The minimum absolute atomic E-state index is 0.151. The fourth-order valence-electron chi connectivity index (χ4n) is 1.14. The van der Waals surface area contributed by atoms with Crippen LogP contribution < -0.4 is 5.32 Å². The van der Waals surface area contributed by atoms with E-state index in [-0.39, 0.29) is 6.10 Å². The summed E-state index contributed by atoms with van der Waals surface area (Å²) in [5.41, 5.74) is 0. The molecule has 0 aromatic heterocycles. The Bertz CT molecular complexity index is 156. The maximum Gasteiger partial charge on any atom is 0.507 e. The van der Waals surface area contributed by atoms with E-state index in [2.05, 4.69) is 10.1 Å². The maximum atomic E-state index is 10.6. The summed E-state index contributed by atoms with van der Waals surface area (Å²) in [4.78, 5) is 10.6. The second kappa shape index (κ2) is 5.77. The van der Waals surface area contributed by atoms with Crippen LogP contribution in [0.15, 0.2) is 0 Å². The SMILES string of the molecule is COC(=O)OCCC1CNCCO1. The van der Waals surface area contributed by atoms with E-state index < -0.39 is 6.16 Å². The molecule has 1 aliphatic rings. The summed E-state index contributed by atoms with van der Waals surface area (Å²) < 4.78 is 14.4. The van der Waals surface area contributed by atoms with Crippen molar-refractivity contribution in [3.05, 3.63) is 0 Å². The van der Waals surface area contributed by atoms with Crippen LogP contribution in [0.4, 0.5) is 4.79 Å². The summed E-state index contributed by atoms with van der Waals surface area (Å²) in [5.74, 6) is 0. The number of carbonyl (C=O) groups is 1. The average molecular weight is 189 g/mol. The Morgan fingerprint density at radius 1 is 1.69 bits per heavy atom. The first-order valence-corrected chi connectivity index (χ1v) is 4.36. The third kappa shape index (κ3) is 4.10. The summed E-state index contributed by atoms with van der Waals surface area (Å²) in [6, 6.07) is 0. The fourth-order valence-corrected chi connectivity index (χ4v) is 1.14. The summed E-state index contributed by atoms with van der Waals surface area (Å²) in [7, 11) is 1.29. The minimum atomic E-state index is -0.635. The monoisotopic (exact) mass is 189 g/mol. The zero-order chi connectivity index (χ0) is 9.52. The van der Waals surface area contributed by atoms with Crippen molar-refractivity contribution in [1.82, 2.24) is 5.32 Å². The molecule has 0 aromatic carbocycles. The zero-order valence-electron chi connectivity index (χ0n) is 7.75. The highest BCUT2D eigenvalue weighted by Gasteiger charge is 2.13. The molecule has 1 atom stereocenters. The number of rotatable bonds is 3. The highest BCUT2D eigenvalue weighted by Crippen LogP contribution is 2.01. The predicted molar refractivity (Wildman–Crippen MR) is 45.6 cm³/mol. The van der Waals surface area contributed by atoms with E-state index in [1.165, 1.54) is 7.11 Å². The van der Waals surface area contributed by atoms with E-state index in [1.54, 1.807) is 0 Å². The van der Waals surface area contributed by atoms with Crippen molar-refractivity contribution in [2.45, 2.75) is 12.5 Å². The minimum Gasteiger partial charge on any atom is -0.438 e. The van der Waals surface area contributed by atoms with Gasteiger partial charge >= 0.3 is 6.16 Å². The maximum absolute atomic E-state index is 10.6. The molecule has 0 aromatic rings. The first-order valence-electron chi connectivity index (χ1n) is 4.36. The van der Waals surface area contributed by atoms with Crippen LogP contribution in [0.25, 0.3) is 0 Å². The molecule has 5 nitrogen and oxygen atoms in total. The molecule has 1 heterocycles. The molecular weight excluding hydrogens is 174 g/mol. The van der Waals surface area contributed by atoms with Crippen molar-refractivity contribution in [1.29, 1.82) is 0 Å². The van der Waals surface area contributed by atoms with Crippen molar-refractivity contribution < 1.29 is 19.0 Å². The van der Waals surface area contributed by atoms with Crippen LogP contribution in [0.2, 0.25) is 0 Å². The number of nitrogens with one attached hydrogen (secondary N) is 1. The third-order valence-electron chi connectivity index (χ3n) is 1.83. The van der Waals surface area contributed by atoms with Crippen molar-refractivity contribution >= 4 is 6.16 Å². The van der Waals surface area contributed by atoms with Gasteiger partial charge < -0.3 is 19.5 Å². The molecule has 0 saturated carbocycles. The van der Waals surface area contributed by atoms with E-state index in [1.807, 2.05) is 0 Å². The van der Waals surface area contributed by atoms with E-state index in [0.29, 0.717) is 13.0 Å². The van der Waals surface area contributed by atoms with Gasteiger partial charge in [0.25, 0.3) is 0 Å². The van der Waals surface area contributed by atoms with Gasteiger partial charge in [-0.1, -0.05) is 0 Å². The molecular formula is C8H15NO4. The van der Waals surface area contributed by atoms with E-state index >= 15 is 0 Å². The van der Waals surface area contributed by atoms with Gasteiger partial charge in [0, 0.05) is 19.5 Å². The Kier molecular flexibility index (Phi) is 4.56. The Morgan fingerprint density at radius 3 is 3.15 bits per heavy atom. The lowest BCUT2D eigenvalue weighted by molar-refractivity contribution is 0.00406. The Morgan fingerprint density at radius 2 is 2.54 bits per heavy atom. The van der Waals surface area contributed by atoms with E-state index in [4.69, 9.17) is 9.47 Å². The number of methoxy groups -OCH3 is 1. The number of hydrogen-bond donors (Lipinski definition) is 1. The average Bonchev–Trinajstić information content (AvgIpc) is 2.19. The first-order chi connectivity index (χ1) is 6.33. The van der Waals surface area contributed by atoms with Gasteiger partial charge in [-0.25, -0.2) is 4.79 Å². The normalized spacial score (nSPS) is 22.4. The highest BCUT2D eigenvalue weighted by molar-refractivity contribution is 5.59. The lowest BCUT2D eigenvalue weighted by Gasteiger charge is -2.23. The van der Waals surface area contributed by atoms with Gasteiger partial charge in [-0.05, 0) is 0 Å². The standard InChI is InChI=1S/C8H15NO4/c1-11-8(10)13-4-2-7-6-9-3-5-12-7/h7,9H,2-6H2,1H3. The molecule has 1 rings (SSSR count). The van der Waals surface area contributed by atoms with Crippen LogP contribution in [-0.2, 0) is 14.2 Å². The Balaban J connectivity index is 2.01. The highest BCUT2D eigenvalue weighted by atomic mass is 16.7. The lowest BCUT2D eigenvalue weighted by atomic mass is 10.2. The van der Waals surface area contributed by atoms with Crippen LogP contribution in [0, 0.1) is 0 Å². The molecule has 5 heteroatoms. The van der Waals surface area contributed by atoms with Gasteiger partial charge in [0.15, 0.2) is 0 Å². The summed E-state index contributed by atoms with van der Waals surface area (Å²) in [6.45, 7) is 2.79. The third-order valence-corrected chi connectivity index (χ3v) is 1.83. The molecule has 76 valence electrons. The zero-order valence-corrected chi connectivity index (χ0v) is 7.75. The number of carbonyl (C=O) groups excluding carboxylic acids is 1. The summed E-state index contributed by atoms with van der Waals surface area (Å²) in [5, 5.41) is 3.19. The molecule has 0 aliphatic carbocycles. The van der Waals surface area contributed by atoms with E-state index in [0.717, 1.165) is 19.7 Å². The molecule has 0 radical (unpaired) electrons. The Labute approximate surface area is 77.3 Å². The molecule has 0 amide bonds. The number of ether oxygens (including phenoxy) is 3. The van der Waals surface area contributed by atoms with Crippen LogP contribution >= 0.6 is 0 Å². The first kappa shape index (κ1) is 10.3. The largest absolute Gasteiger partial charge is 0.507 e. The van der Waals surface area contributed by atoms with Gasteiger partial charge in [-0.3, -0.25) is 0 Å². The molecule has 0 spiro atoms. The number of morpholine rings is 1. The molecule has 1 N–H and O–H groups in total. The Hall–Kier alpha value is -0.810. The smallest absolute Gasteiger partial charge is 0.438 e. The van der Waals surface area contributed by atoms with Gasteiger partial charge in [0.2, 0.25) is 0 Å². The van der Waals surface area contributed by atoms with Gasteiger partial charge in [0.05, 0.1) is 26.4 Å². The second-order valence-corrected chi connectivity index (χ2v) is 2.79. The molecule has 13 heavy (non-hydrogen) atoms. The van der Waals surface area contributed by atoms with Crippen molar-refractivity contribution in [3.8, 4) is 0 Å². The summed E-state index contributed by atoms with van der Waals surface area (Å²) in [6.07, 6.45) is 0.226. The molecule has 1 aliphatic heterocycles. The van der Waals surface area contributed by atoms with E-state index in [9.17, 15) is 4.79 Å². The summed E-state index contributed by atoms with van der Waals surface area (Å²) >= 11 is 0. The van der Waals surface area contributed by atoms with Crippen LogP contribution in [0.1, 0.15) is 6.42 Å². The lowest BCUT2D eigenvalue weighted by Crippen LogP contribution is -2.39. The topological polar surface area (TPSA) is 56.8 Å². The molecule has 1 fully saturated rings.